The first-order chi connectivity index (χ1) is 18.6. The molecule has 3 rings (SSSR count). The summed E-state index contributed by atoms with van der Waals surface area (Å²) < 4.78 is 13.2. The Kier molecular flexibility index (Phi) is 10.7. The lowest BCUT2D eigenvalue weighted by Crippen LogP contribution is -2.45. The van der Waals surface area contributed by atoms with Crippen molar-refractivity contribution in [2.75, 3.05) is 19.8 Å². The van der Waals surface area contributed by atoms with E-state index in [-0.39, 0.29) is 55.2 Å². The lowest BCUT2D eigenvalue weighted by Gasteiger charge is -2.30. The minimum Gasteiger partial charge on any atom is -0.370 e. The number of fused-ring (bicyclic) bond motifs is 1. The van der Waals surface area contributed by atoms with Crippen LogP contribution in [-0.2, 0) is 14.4 Å². The number of ketones is 3. The second-order valence-corrected chi connectivity index (χ2v) is 10.5. The van der Waals surface area contributed by atoms with Crippen molar-refractivity contribution < 1.29 is 23.6 Å². The normalized spacial score (nSPS) is 16.7. The molecule has 1 saturated heterocycles. The van der Waals surface area contributed by atoms with Crippen molar-refractivity contribution in [3.8, 4) is 0 Å². The number of alkyl halides is 1. The Bertz CT molecular complexity index is 1230. The van der Waals surface area contributed by atoms with Crippen LogP contribution in [0.3, 0.4) is 0 Å². The molecule has 9 nitrogen and oxygen atoms in total. The Morgan fingerprint density at radius 2 is 1.90 bits per heavy atom. The number of nitrogens with zero attached hydrogens (tertiary/aromatic N) is 3. The maximum Gasteiger partial charge on any atom is 0.227 e. The topological polar surface area (TPSA) is 149 Å². The lowest BCUT2D eigenvalue weighted by molar-refractivity contribution is -0.142. The number of benzene rings is 1. The van der Waals surface area contributed by atoms with Gasteiger partial charge in [0.05, 0.1) is 6.04 Å². The fourth-order valence-electron chi connectivity index (χ4n) is 5.17. The van der Waals surface area contributed by atoms with Gasteiger partial charge in [0.25, 0.3) is 0 Å². The quantitative estimate of drug-likeness (QED) is 0.162. The Morgan fingerprint density at radius 1 is 1.13 bits per heavy atom. The van der Waals surface area contributed by atoms with Gasteiger partial charge in [0.1, 0.15) is 6.67 Å². The zero-order chi connectivity index (χ0) is 28.5. The second kappa shape index (κ2) is 13.9. The number of likely N-dealkylation sites (tertiary alicyclic amines) is 1. The van der Waals surface area contributed by atoms with Gasteiger partial charge in [-0.2, -0.15) is 0 Å². The van der Waals surface area contributed by atoms with Crippen LogP contribution in [0.1, 0.15) is 62.7 Å². The van der Waals surface area contributed by atoms with Crippen LogP contribution in [0.5, 0.6) is 0 Å². The van der Waals surface area contributed by atoms with Crippen molar-refractivity contribution in [3.05, 3.63) is 42.2 Å². The minimum absolute atomic E-state index is 0.0213. The van der Waals surface area contributed by atoms with Crippen molar-refractivity contribution in [2.45, 2.75) is 58.4 Å². The predicted octanol–water partition coefficient (Wildman–Crippen LogP) is 3.24. The Labute approximate surface area is 228 Å². The summed E-state index contributed by atoms with van der Waals surface area (Å²) in [4.78, 5) is 61.9. The molecule has 0 spiro atoms. The van der Waals surface area contributed by atoms with Crippen LogP contribution >= 0.6 is 0 Å². The Balaban J connectivity index is 1.69. The molecule has 0 unspecified atom stereocenters. The fraction of sp³-hybridized carbons (Fsp3) is 0.517. The van der Waals surface area contributed by atoms with Crippen LogP contribution in [0, 0.1) is 17.8 Å². The van der Waals surface area contributed by atoms with Gasteiger partial charge in [-0.3, -0.25) is 29.2 Å². The maximum absolute atomic E-state index is 13.7. The molecule has 2 aromatic rings. The SMILES string of the molecule is CC(C)[C@H](CC(=O)c1ccc2ccncc2c1)C(=O)N1CCC[C@H]1C(=O)C[C@@H](CCCN=C(N)N)C(=O)CF. The number of carbonyl (C=O) groups excluding carboxylic acids is 4. The predicted molar refractivity (Wildman–Crippen MR) is 148 cm³/mol. The van der Waals surface area contributed by atoms with Crippen molar-refractivity contribution in [1.29, 1.82) is 0 Å². The summed E-state index contributed by atoms with van der Waals surface area (Å²) in [6, 6.07) is 6.57. The molecule has 0 bridgehead atoms. The van der Waals surface area contributed by atoms with Gasteiger partial charge in [-0.05, 0) is 49.1 Å². The van der Waals surface area contributed by atoms with Gasteiger partial charge in [-0.25, -0.2) is 4.39 Å². The molecule has 1 fully saturated rings. The second-order valence-electron chi connectivity index (χ2n) is 10.5. The number of hydrogen-bond acceptors (Lipinski definition) is 6. The van der Waals surface area contributed by atoms with Crippen LogP contribution < -0.4 is 11.5 Å². The van der Waals surface area contributed by atoms with Gasteiger partial charge < -0.3 is 16.4 Å². The van der Waals surface area contributed by atoms with E-state index in [1.807, 2.05) is 26.0 Å². The Morgan fingerprint density at radius 3 is 2.59 bits per heavy atom. The van der Waals surface area contributed by atoms with Gasteiger partial charge in [0, 0.05) is 61.1 Å². The van der Waals surface area contributed by atoms with Crippen molar-refractivity contribution in [3.63, 3.8) is 0 Å². The molecule has 0 radical (unpaired) electrons. The average molecular weight is 540 g/mol. The van der Waals surface area contributed by atoms with Gasteiger partial charge in [0.15, 0.2) is 23.3 Å². The van der Waals surface area contributed by atoms with Gasteiger partial charge in [0.2, 0.25) is 5.91 Å². The van der Waals surface area contributed by atoms with Crippen molar-refractivity contribution >= 4 is 40.0 Å². The highest BCUT2D eigenvalue weighted by Gasteiger charge is 2.39. The zero-order valence-corrected chi connectivity index (χ0v) is 22.6. The van der Waals surface area contributed by atoms with Crippen LogP contribution in [-0.4, -0.2) is 64.9 Å². The molecule has 0 saturated carbocycles. The van der Waals surface area contributed by atoms with Crippen LogP contribution in [0.2, 0.25) is 0 Å². The summed E-state index contributed by atoms with van der Waals surface area (Å²) in [5.74, 6) is -2.88. The zero-order valence-electron chi connectivity index (χ0n) is 22.6. The van der Waals surface area contributed by atoms with Crippen LogP contribution in [0.25, 0.3) is 10.8 Å². The summed E-state index contributed by atoms with van der Waals surface area (Å²) in [5, 5.41) is 1.81. The van der Waals surface area contributed by atoms with E-state index in [1.165, 1.54) is 0 Å². The molecule has 1 amide bonds. The average Bonchev–Trinajstić information content (AvgIpc) is 3.42. The summed E-state index contributed by atoms with van der Waals surface area (Å²) >= 11 is 0. The van der Waals surface area contributed by atoms with E-state index in [0.29, 0.717) is 31.4 Å². The number of aliphatic imine (C=N–C) groups is 1. The monoisotopic (exact) mass is 539 g/mol. The van der Waals surface area contributed by atoms with Crippen molar-refractivity contribution in [2.24, 2.45) is 34.2 Å². The molecule has 3 atom stereocenters. The van der Waals surface area contributed by atoms with E-state index in [4.69, 9.17) is 11.5 Å². The number of carbonyl (C=O) groups is 4. The number of pyridine rings is 1. The minimum atomic E-state index is -1.16. The number of hydrogen-bond donors (Lipinski definition) is 2. The summed E-state index contributed by atoms with van der Waals surface area (Å²) in [6.07, 6.45) is 5.08. The molecular formula is C29H38FN5O4. The van der Waals surface area contributed by atoms with Gasteiger partial charge in [-0.1, -0.05) is 26.0 Å². The van der Waals surface area contributed by atoms with Crippen molar-refractivity contribution in [1.82, 2.24) is 9.88 Å². The first-order valence-electron chi connectivity index (χ1n) is 13.5. The van der Waals surface area contributed by atoms with E-state index >= 15 is 0 Å². The third-order valence-electron chi connectivity index (χ3n) is 7.44. The number of guanidine groups is 1. The molecule has 39 heavy (non-hydrogen) atoms. The van der Waals surface area contributed by atoms with E-state index in [2.05, 4.69) is 9.98 Å². The molecule has 1 aliphatic rings. The molecule has 4 N–H and O–H groups in total. The third-order valence-corrected chi connectivity index (χ3v) is 7.44. The molecule has 2 heterocycles. The smallest absolute Gasteiger partial charge is 0.227 e. The highest BCUT2D eigenvalue weighted by Crippen LogP contribution is 2.29. The molecule has 1 aromatic carbocycles. The largest absolute Gasteiger partial charge is 0.370 e. The molecule has 0 aliphatic carbocycles. The lowest BCUT2D eigenvalue weighted by atomic mass is 9.86. The first-order valence-corrected chi connectivity index (χ1v) is 13.5. The van der Waals surface area contributed by atoms with Crippen LogP contribution in [0.4, 0.5) is 4.39 Å². The van der Waals surface area contributed by atoms with E-state index in [9.17, 15) is 23.6 Å². The Hall–Kier alpha value is -3.69. The van der Waals surface area contributed by atoms with Gasteiger partial charge >= 0.3 is 0 Å². The molecule has 210 valence electrons. The van der Waals surface area contributed by atoms with E-state index in [0.717, 1.165) is 10.8 Å². The third kappa shape index (κ3) is 7.91. The maximum atomic E-state index is 13.7. The summed E-state index contributed by atoms with van der Waals surface area (Å²) in [5.41, 5.74) is 11.1. The number of Topliss-reactive ketones (excluding diaryl/α,β-unsaturated/α-hetero) is 3. The van der Waals surface area contributed by atoms with E-state index < -0.39 is 30.3 Å². The molecular weight excluding hydrogens is 501 g/mol. The summed E-state index contributed by atoms with van der Waals surface area (Å²) in [6.45, 7) is 3.30. The number of halogens is 1. The van der Waals surface area contributed by atoms with E-state index in [1.54, 1.807) is 29.4 Å². The van der Waals surface area contributed by atoms with Crippen LogP contribution in [0.15, 0.2) is 41.7 Å². The molecule has 1 aliphatic heterocycles. The first kappa shape index (κ1) is 29.9. The highest BCUT2D eigenvalue weighted by molar-refractivity contribution is 6.02. The highest BCUT2D eigenvalue weighted by atomic mass is 19.1. The number of rotatable bonds is 14. The summed E-state index contributed by atoms with van der Waals surface area (Å²) in [7, 11) is 0. The number of aromatic nitrogens is 1. The fourth-order valence-corrected chi connectivity index (χ4v) is 5.17. The standard InChI is InChI=1S/C29H38FN5O4/c1-18(2)23(15-25(36)21-8-7-19-9-11-33-17-22(19)13-21)28(39)35-12-4-6-24(35)26(37)14-20(27(38)16-30)5-3-10-34-29(31)32/h7-9,11,13,17-18,20,23-24H,3-6,10,12,14-16H2,1-2H3,(H4,31,32,34)/t20-,23+,24+/m1/s1. The molecule has 10 heteroatoms. The molecule has 1 aromatic heterocycles. The number of amides is 1. The number of nitrogens with two attached hydrogens (primary N) is 2. The van der Waals surface area contributed by atoms with Gasteiger partial charge in [-0.15, -0.1) is 0 Å².